The number of aryl methyl sites for hydroxylation is 2. The van der Waals surface area contributed by atoms with Crippen LogP contribution in [0.2, 0.25) is 0 Å². The van der Waals surface area contributed by atoms with Gasteiger partial charge in [-0.15, -0.1) is 0 Å². The van der Waals surface area contributed by atoms with E-state index in [1.54, 1.807) is 0 Å². The molecule has 4 heteroatoms. The molecule has 1 saturated heterocycles. The van der Waals surface area contributed by atoms with Crippen LogP contribution in [0.4, 0.5) is 0 Å². The Morgan fingerprint density at radius 2 is 1.65 bits per heavy atom. The SMILES string of the molecule is Cc1cccc(CCC(=O)N2CCN(C(=O)C(C)(C)C)CC2)c1. The summed E-state index contributed by atoms with van der Waals surface area (Å²) < 4.78 is 0. The third-order valence-electron chi connectivity index (χ3n) is 4.27. The third kappa shape index (κ3) is 4.81. The van der Waals surface area contributed by atoms with Crippen molar-refractivity contribution in [2.45, 2.75) is 40.5 Å². The number of nitrogens with zero attached hydrogens (tertiary/aromatic N) is 2. The van der Waals surface area contributed by atoms with Crippen LogP contribution in [-0.4, -0.2) is 47.8 Å². The van der Waals surface area contributed by atoms with Gasteiger partial charge in [0.05, 0.1) is 0 Å². The summed E-state index contributed by atoms with van der Waals surface area (Å²) in [5.41, 5.74) is 2.08. The van der Waals surface area contributed by atoms with Gasteiger partial charge in [0.2, 0.25) is 11.8 Å². The number of hydrogen-bond donors (Lipinski definition) is 0. The fourth-order valence-electron chi connectivity index (χ4n) is 2.91. The van der Waals surface area contributed by atoms with E-state index >= 15 is 0 Å². The summed E-state index contributed by atoms with van der Waals surface area (Å²) in [6.07, 6.45) is 1.32. The van der Waals surface area contributed by atoms with E-state index in [4.69, 9.17) is 0 Å². The van der Waals surface area contributed by atoms with E-state index in [1.165, 1.54) is 11.1 Å². The van der Waals surface area contributed by atoms with Crippen molar-refractivity contribution in [3.8, 4) is 0 Å². The Morgan fingerprint density at radius 1 is 1.04 bits per heavy atom. The molecule has 4 nitrogen and oxygen atoms in total. The van der Waals surface area contributed by atoms with E-state index in [-0.39, 0.29) is 17.2 Å². The maximum Gasteiger partial charge on any atom is 0.228 e. The first kappa shape index (κ1) is 17.5. The van der Waals surface area contributed by atoms with Crippen molar-refractivity contribution in [1.29, 1.82) is 0 Å². The number of benzene rings is 1. The largest absolute Gasteiger partial charge is 0.339 e. The maximum atomic E-state index is 12.4. The summed E-state index contributed by atoms with van der Waals surface area (Å²) in [5.74, 6) is 0.360. The Morgan fingerprint density at radius 3 is 2.22 bits per heavy atom. The minimum Gasteiger partial charge on any atom is -0.339 e. The Labute approximate surface area is 139 Å². The molecule has 0 saturated carbocycles. The van der Waals surface area contributed by atoms with Crippen LogP contribution >= 0.6 is 0 Å². The molecule has 126 valence electrons. The van der Waals surface area contributed by atoms with Crippen LogP contribution in [0.15, 0.2) is 24.3 Å². The van der Waals surface area contributed by atoms with Crippen LogP contribution < -0.4 is 0 Å². The van der Waals surface area contributed by atoms with Crippen LogP contribution in [0, 0.1) is 12.3 Å². The molecule has 2 rings (SSSR count). The lowest BCUT2D eigenvalue weighted by Crippen LogP contribution is -2.53. The average molecular weight is 316 g/mol. The molecule has 1 aromatic carbocycles. The number of hydrogen-bond acceptors (Lipinski definition) is 2. The molecule has 0 aromatic heterocycles. The highest BCUT2D eigenvalue weighted by atomic mass is 16.2. The summed E-state index contributed by atoms with van der Waals surface area (Å²) in [6, 6.07) is 8.30. The molecule has 0 N–H and O–H groups in total. The molecule has 1 heterocycles. The second kappa shape index (κ2) is 7.16. The number of carbonyl (C=O) groups is 2. The zero-order valence-corrected chi connectivity index (χ0v) is 14.8. The molecule has 23 heavy (non-hydrogen) atoms. The average Bonchev–Trinajstić information content (AvgIpc) is 2.51. The van der Waals surface area contributed by atoms with Crippen molar-refractivity contribution < 1.29 is 9.59 Å². The van der Waals surface area contributed by atoms with Gasteiger partial charge < -0.3 is 9.80 Å². The maximum absolute atomic E-state index is 12.4. The normalized spacial score (nSPS) is 15.7. The van der Waals surface area contributed by atoms with Gasteiger partial charge in [-0.05, 0) is 18.9 Å². The van der Waals surface area contributed by atoms with Gasteiger partial charge in [-0.25, -0.2) is 0 Å². The molecule has 0 spiro atoms. The molecule has 0 atom stereocenters. The van der Waals surface area contributed by atoms with Gasteiger partial charge in [0.15, 0.2) is 0 Å². The zero-order valence-electron chi connectivity index (χ0n) is 14.8. The smallest absolute Gasteiger partial charge is 0.228 e. The van der Waals surface area contributed by atoms with Crippen molar-refractivity contribution in [2.24, 2.45) is 5.41 Å². The lowest BCUT2D eigenvalue weighted by molar-refractivity contribution is -0.144. The van der Waals surface area contributed by atoms with Crippen LogP contribution in [0.1, 0.15) is 38.3 Å². The number of rotatable bonds is 3. The summed E-state index contributed by atoms with van der Waals surface area (Å²) in [4.78, 5) is 28.4. The molecule has 2 amide bonds. The fraction of sp³-hybridized carbons (Fsp3) is 0.579. The molecule has 1 aromatic rings. The number of amides is 2. The van der Waals surface area contributed by atoms with Crippen LogP contribution in [0.3, 0.4) is 0 Å². The highest BCUT2D eigenvalue weighted by Crippen LogP contribution is 2.19. The molecule has 0 aliphatic carbocycles. The quantitative estimate of drug-likeness (QED) is 0.860. The van der Waals surface area contributed by atoms with Gasteiger partial charge in [0.25, 0.3) is 0 Å². The summed E-state index contributed by atoms with van der Waals surface area (Å²) >= 11 is 0. The topological polar surface area (TPSA) is 40.6 Å². The van der Waals surface area contributed by atoms with Crippen LogP contribution in [0.25, 0.3) is 0 Å². The first-order chi connectivity index (χ1) is 10.8. The van der Waals surface area contributed by atoms with Gasteiger partial charge in [-0.1, -0.05) is 50.6 Å². The van der Waals surface area contributed by atoms with Gasteiger partial charge in [-0.3, -0.25) is 9.59 Å². The Bertz CT molecular complexity index is 567. The highest BCUT2D eigenvalue weighted by molar-refractivity contribution is 5.82. The van der Waals surface area contributed by atoms with Crippen LogP contribution in [-0.2, 0) is 16.0 Å². The molecule has 0 bridgehead atoms. The first-order valence-electron chi connectivity index (χ1n) is 8.40. The molecule has 1 fully saturated rings. The van der Waals surface area contributed by atoms with E-state index in [0.29, 0.717) is 32.6 Å². The summed E-state index contributed by atoms with van der Waals surface area (Å²) in [6.45, 7) is 10.5. The fourth-order valence-corrected chi connectivity index (χ4v) is 2.91. The molecular weight excluding hydrogens is 288 g/mol. The lowest BCUT2D eigenvalue weighted by atomic mass is 9.94. The predicted molar refractivity (Wildman–Crippen MR) is 92.1 cm³/mol. The minimum atomic E-state index is -0.350. The zero-order chi connectivity index (χ0) is 17.0. The van der Waals surface area contributed by atoms with Crippen molar-refractivity contribution in [3.63, 3.8) is 0 Å². The van der Waals surface area contributed by atoms with Crippen LogP contribution in [0.5, 0.6) is 0 Å². The molecular formula is C19H28N2O2. The van der Waals surface area contributed by atoms with Crippen molar-refractivity contribution in [3.05, 3.63) is 35.4 Å². The van der Waals surface area contributed by atoms with Gasteiger partial charge in [0.1, 0.15) is 0 Å². The number of piperazine rings is 1. The summed E-state index contributed by atoms with van der Waals surface area (Å²) in [7, 11) is 0. The van der Waals surface area contributed by atoms with Gasteiger partial charge in [0, 0.05) is 38.0 Å². The summed E-state index contributed by atoms with van der Waals surface area (Å²) in [5, 5.41) is 0. The first-order valence-corrected chi connectivity index (χ1v) is 8.40. The van der Waals surface area contributed by atoms with Gasteiger partial charge >= 0.3 is 0 Å². The molecule has 1 aliphatic heterocycles. The van der Waals surface area contributed by atoms with E-state index in [0.717, 1.165) is 6.42 Å². The minimum absolute atomic E-state index is 0.171. The highest BCUT2D eigenvalue weighted by Gasteiger charge is 2.30. The van der Waals surface area contributed by atoms with E-state index in [1.807, 2.05) is 36.6 Å². The lowest BCUT2D eigenvalue weighted by Gasteiger charge is -2.37. The molecule has 1 aliphatic rings. The van der Waals surface area contributed by atoms with Crippen molar-refractivity contribution >= 4 is 11.8 Å². The van der Waals surface area contributed by atoms with Crippen molar-refractivity contribution in [2.75, 3.05) is 26.2 Å². The molecule has 0 unspecified atom stereocenters. The van der Waals surface area contributed by atoms with E-state index in [2.05, 4.69) is 25.1 Å². The predicted octanol–water partition coefficient (Wildman–Crippen LogP) is 2.64. The Kier molecular flexibility index (Phi) is 5.45. The monoisotopic (exact) mass is 316 g/mol. The second-order valence-corrected chi connectivity index (χ2v) is 7.41. The Balaban J connectivity index is 1.81. The number of carbonyl (C=O) groups excluding carboxylic acids is 2. The van der Waals surface area contributed by atoms with Crippen molar-refractivity contribution in [1.82, 2.24) is 9.80 Å². The standard InChI is InChI=1S/C19H28N2O2/c1-15-6-5-7-16(14-15)8-9-17(22)20-10-12-21(13-11-20)18(23)19(2,3)4/h5-7,14H,8-13H2,1-4H3. The second-order valence-electron chi connectivity index (χ2n) is 7.41. The molecule has 0 radical (unpaired) electrons. The van der Waals surface area contributed by atoms with E-state index in [9.17, 15) is 9.59 Å². The van der Waals surface area contributed by atoms with E-state index < -0.39 is 0 Å². The Hall–Kier alpha value is -1.84. The third-order valence-corrected chi connectivity index (χ3v) is 4.27. The van der Waals surface area contributed by atoms with Gasteiger partial charge in [-0.2, -0.15) is 0 Å².